The summed E-state index contributed by atoms with van der Waals surface area (Å²) in [6.07, 6.45) is 0.299. The Labute approximate surface area is 173 Å². The van der Waals surface area contributed by atoms with Crippen LogP contribution in [0.4, 0.5) is 0 Å². The topological polar surface area (TPSA) is 75.5 Å². The monoisotopic (exact) mass is 411 g/mol. The van der Waals surface area contributed by atoms with Crippen LogP contribution in [0.25, 0.3) is 11.4 Å². The molecule has 3 aromatic rings. The Kier molecular flexibility index (Phi) is 5.19. The van der Waals surface area contributed by atoms with Crippen molar-refractivity contribution in [3.8, 4) is 28.6 Å². The number of benzene rings is 2. The summed E-state index contributed by atoms with van der Waals surface area (Å²) in [7, 11) is 4.71. The van der Waals surface area contributed by atoms with Gasteiger partial charge in [-0.05, 0) is 30.7 Å². The minimum Gasteiger partial charge on any atom is -0.493 e. The van der Waals surface area contributed by atoms with Gasteiger partial charge in [0.1, 0.15) is 0 Å². The minimum absolute atomic E-state index is 0.0936. The van der Waals surface area contributed by atoms with Gasteiger partial charge in [-0.25, -0.2) is 4.98 Å². The summed E-state index contributed by atoms with van der Waals surface area (Å²) in [5.74, 6) is 2.10. The van der Waals surface area contributed by atoms with E-state index < -0.39 is 0 Å². The second-order valence-corrected chi connectivity index (χ2v) is 7.83. The van der Waals surface area contributed by atoms with Crippen molar-refractivity contribution in [2.75, 3.05) is 21.3 Å². The van der Waals surface area contributed by atoms with Gasteiger partial charge in [0.15, 0.2) is 22.5 Å². The van der Waals surface area contributed by atoms with Crippen LogP contribution in [-0.2, 0) is 0 Å². The highest BCUT2D eigenvalue weighted by atomic mass is 32.2. The van der Waals surface area contributed by atoms with E-state index in [-0.39, 0.29) is 11.2 Å². The maximum absolute atomic E-state index is 12.8. The van der Waals surface area contributed by atoms with Crippen LogP contribution in [0.1, 0.15) is 27.6 Å². The normalized spacial score (nSPS) is 15.7. The van der Waals surface area contributed by atoms with E-state index in [0.717, 1.165) is 16.7 Å². The van der Waals surface area contributed by atoms with Crippen molar-refractivity contribution in [1.29, 1.82) is 0 Å². The molecule has 0 spiro atoms. The lowest BCUT2D eigenvalue weighted by atomic mass is 10.1. The Bertz CT molecular complexity index is 1050. The maximum Gasteiger partial charge on any atom is 0.250 e. The number of rotatable bonds is 5. The van der Waals surface area contributed by atoms with E-state index in [1.54, 1.807) is 21.3 Å². The Morgan fingerprint density at radius 1 is 1.07 bits per heavy atom. The zero-order valence-electron chi connectivity index (χ0n) is 16.6. The fraction of sp³-hybridized carbons (Fsp3) is 0.286. The third kappa shape index (κ3) is 3.55. The molecule has 0 unspecified atom stereocenters. The molecule has 0 aliphatic carbocycles. The lowest BCUT2D eigenvalue weighted by Crippen LogP contribution is -2.21. The summed E-state index contributed by atoms with van der Waals surface area (Å²) in [6.45, 7) is 2.01. The van der Waals surface area contributed by atoms with Crippen molar-refractivity contribution in [1.82, 2.24) is 14.8 Å². The van der Waals surface area contributed by atoms with Gasteiger partial charge in [-0.2, -0.15) is 4.68 Å². The van der Waals surface area contributed by atoms with Crippen LogP contribution in [0.3, 0.4) is 0 Å². The van der Waals surface area contributed by atoms with Gasteiger partial charge < -0.3 is 14.2 Å². The van der Waals surface area contributed by atoms with Crippen molar-refractivity contribution in [3.05, 3.63) is 47.5 Å². The van der Waals surface area contributed by atoms with Crippen molar-refractivity contribution >= 4 is 17.7 Å². The smallest absolute Gasteiger partial charge is 0.250 e. The van der Waals surface area contributed by atoms with Crippen LogP contribution in [0, 0.1) is 6.92 Å². The van der Waals surface area contributed by atoms with E-state index in [1.807, 2.05) is 43.3 Å². The fourth-order valence-electron chi connectivity index (χ4n) is 3.33. The van der Waals surface area contributed by atoms with Crippen molar-refractivity contribution < 1.29 is 19.0 Å². The number of carbonyl (C=O) groups excluding carboxylic acids is 1. The SMILES string of the molecule is COc1cc([C@H]2CC(=O)n3nc(-c4cccc(C)c4)nc3S2)cc(OC)c1OC. The Morgan fingerprint density at radius 3 is 2.41 bits per heavy atom. The van der Waals surface area contributed by atoms with E-state index in [4.69, 9.17) is 14.2 Å². The molecule has 0 amide bonds. The molecule has 2 aromatic carbocycles. The van der Waals surface area contributed by atoms with Crippen LogP contribution >= 0.6 is 11.8 Å². The molecule has 2 heterocycles. The highest BCUT2D eigenvalue weighted by molar-refractivity contribution is 7.99. The predicted octanol–water partition coefficient (Wildman–Crippen LogP) is 4.16. The number of thioether (sulfide) groups is 1. The maximum atomic E-state index is 12.8. The molecular formula is C21H21N3O4S. The number of nitrogens with zero attached hydrogens (tertiary/aromatic N) is 3. The molecule has 0 saturated carbocycles. The largest absolute Gasteiger partial charge is 0.493 e. The summed E-state index contributed by atoms with van der Waals surface area (Å²) in [4.78, 5) is 17.4. The average molecular weight is 411 g/mol. The number of ether oxygens (including phenoxy) is 3. The summed E-state index contributed by atoms with van der Waals surface area (Å²) in [5, 5.41) is 4.89. The first-order valence-electron chi connectivity index (χ1n) is 9.08. The van der Waals surface area contributed by atoms with E-state index in [9.17, 15) is 4.79 Å². The van der Waals surface area contributed by atoms with Crippen molar-refractivity contribution in [2.45, 2.75) is 23.8 Å². The molecule has 7 nitrogen and oxygen atoms in total. The first-order chi connectivity index (χ1) is 14.0. The second-order valence-electron chi connectivity index (χ2n) is 6.66. The van der Waals surface area contributed by atoms with E-state index in [0.29, 0.717) is 34.7 Å². The third-order valence-corrected chi connectivity index (χ3v) is 5.95. The molecule has 0 saturated heterocycles. The molecule has 0 fully saturated rings. The number of fused-ring (bicyclic) bond motifs is 1. The first-order valence-corrected chi connectivity index (χ1v) is 9.96. The molecule has 1 aliphatic rings. The number of aromatic nitrogens is 3. The van der Waals surface area contributed by atoms with Crippen LogP contribution in [-0.4, -0.2) is 42.0 Å². The minimum atomic E-state index is -0.127. The number of hydrogen-bond acceptors (Lipinski definition) is 7. The Morgan fingerprint density at radius 2 is 1.79 bits per heavy atom. The zero-order valence-corrected chi connectivity index (χ0v) is 17.4. The van der Waals surface area contributed by atoms with Gasteiger partial charge in [-0.1, -0.05) is 35.5 Å². The number of hydrogen-bond donors (Lipinski definition) is 0. The van der Waals surface area contributed by atoms with Crippen LogP contribution in [0.2, 0.25) is 0 Å². The van der Waals surface area contributed by atoms with E-state index in [2.05, 4.69) is 10.1 Å². The highest BCUT2D eigenvalue weighted by Crippen LogP contribution is 2.46. The third-order valence-electron chi connectivity index (χ3n) is 4.76. The summed E-state index contributed by atoms with van der Waals surface area (Å²) >= 11 is 1.50. The first kappa shape index (κ1) is 19.3. The van der Waals surface area contributed by atoms with Crippen LogP contribution in [0.15, 0.2) is 41.6 Å². The molecule has 0 N–H and O–H groups in total. The zero-order chi connectivity index (χ0) is 20.5. The quantitative estimate of drug-likeness (QED) is 0.624. The van der Waals surface area contributed by atoms with E-state index in [1.165, 1.54) is 16.4 Å². The number of aryl methyl sites for hydroxylation is 1. The molecule has 1 aromatic heterocycles. The molecule has 0 bridgehead atoms. The molecule has 8 heteroatoms. The van der Waals surface area contributed by atoms with Crippen molar-refractivity contribution in [3.63, 3.8) is 0 Å². The molecule has 29 heavy (non-hydrogen) atoms. The molecule has 1 aliphatic heterocycles. The second kappa shape index (κ2) is 7.79. The van der Waals surface area contributed by atoms with Gasteiger partial charge in [-0.15, -0.1) is 5.10 Å². The van der Waals surface area contributed by atoms with Gasteiger partial charge >= 0.3 is 0 Å². The number of methoxy groups -OCH3 is 3. The Balaban J connectivity index is 1.70. The molecule has 1 atom stereocenters. The van der Waals surface area contributed by atoms with Gasteiger partial charge in [-0.3, -0.25) is 4.79 Å². The highest BCUT2D eigenvalue weighted by Gasteiger charge is 2.31. The van der Waals surface area contributed by atoms with Crippen LogP contribution in [0.5, 0.6) is 17.2 Å². The van der Waals surface area contributed by atoms with Gasteiger partial charge in [0.25, 0.3) is 5.91 Å². The Hall–Kier alpha value is -3.00. The summed E-state index contributed by atoms with van der Waals surface area (Å²) in [5.41, 5.74) is 2.92. The fourth-order valence-corrected chi connectivity index (χ4v) is 4.46. The molecular weight excluding hydrogens is 390 g/mol. The van der Waals surface area contributed by atoms with Crippen LogP contribution < -0.4 is 14.2 Å². The lowest BCUT2D eigenvalue weighted by Gasteiger charge is -2.22. The number of carbonyl (C=O) groups is 1. The summed E-state index contributed by atoms with van der Waals surface area (Å²) < 4.78 is 17.7. The lowest BCUT2D eigenvalue weighted by molar-refractivity contribution is 0.0868. The predicted molar refractivity (Wildman–Crippen MR) is 110 cm³/mol. The molecule has 0 radical (unpaired) electrons. The van der Waals surface area contributed by atoms with Crippen molar-refractivity contribution in [2.24, 2.45) is 0 Å². The van der Waals surface area contributed by atoms with Gasteiger partial charge in [0, 0.05) is 17.2 Å². The summed E-state index contributed by atoms with van der Waals surface area (Å²) in [6, 6.07) is 11.7. The molecule has 150 valence electrons. The molecule has 4 rings (SSSR count). The van der Waals surface area contributed by atoms with Gasteiger partial charge in [0.2, 0.25) is 5.75 Å². The van der Waals surface area contributed by atoms with Gasteiger partial charge in [0.05, 0.1) is 21.3 Å². The standard InChI is InChI=1S/C21H21N3O4S/c1-12-6-5-7-13(8-12)20-22-21-24(23-20)18(25)11-17(29-21)14-9-15(26-2)19(28-4)16(10-14)27-3/h5-10,17H,11H2,1-4H3/t17-/m1/s1. The van der Waals surface area contributed by atoms with E-state index >= 15 is 0 Å². The average Bonchev–Trinajstić information content (AvgIpc) is 3.17.